The maximum absolute atomic E-state index is 11.0. The van der Waals surface area contributed by atoms with E-state index in [9.17, 15) is 4.79 Å². The van der Waals surface area contributed by atoms with E-state index >= 15 is 0 Å². The lowest BCUT2D eigenvalue weighted by atomic mass is 10.1. The fourth-order valence-electron chi connectivity index (χ4n) is 1.56. The van der Waals surface area contributed by atoms with E-state index in [-0.39, 0.29) is 12.4 Å². The molecule has 1 aromatic rings. The fraction of sp³-hybridized carbons (Fsp3) is 0.167. The van der Waals surface area contributed by atoms with Gasteiger partial charge in [-0.3, -0.25) is 4.79 Å². The third kappa shape index (κ3) is 2.06. The average molecular weight is 246 g/mol. The molecule has 0 aliphatic carbocycles. The van der Waals surface area contributed by atoms with E-state index in [1.165, 1.54) is 13.2 Å². The summed E-state index contributed by atoms with van der Waals surface area (Å²) in [5.41, 5.74) is 5.49. The average Bonchev–Trinajstić information content (AvgIpc) is 2.82. The van der Waals surface area contributed by atoms with Crippen LogP contribution in [-0.4, -0.2) is 19.8 Å². The number of nitrogens with zero attached hydrogens (tertiary/aromatic N) is 1. The third-order valence-corrected chi connectivity index (χ3v) is 2.38. The van der Waals surface area contributed by atoms with Gasteiger partial charge < -0.3 is 19.9 Å². The van der Waals surface area contributed by atoms with Crippen molar-refractivity contribution in [2.24, 2.45) is 5.73 Å². The summed E-state index contributed by atoms with van der Waals surface area (Å²) in [6, 6.07) is 5.01. The Kier molecular flexibility index (Phi) is 3.06. The van der Waals surface area contributed by atoms with Crippen LogP contribution in [0.4, 0.5) is 0 Å². The summed E-state index contributed by atoms with van der Waals surface area (Å²) < 4.78 is 15.6. The molecule has 2 rings (SSSR count). The molecule has 2 N–H and O–H groups in total. The van der Waals surface area contributed by atoms with Crippen LogP contribution >= 0.6 is 0 Å². The molecule has 0 bridgehead atoms. The predicted molar refractivity (Wildman–Crippen MR) is 61.9 cm³/mol. The van der Waals surface area contributed by atoms with E-state index in [1.807, 2.05) is 0 Å². The number of primary amides is 1. The number of hydrogen-bond donors (Lipinski definition) is 1. The first-order chi connectivity index (χ1) is 8.65. The summed E-state index contributed by atoms with van der Waals surface area (Å²) >= 11 is 0. The quantitative estimate of drug-likeness (QED) is 0.629. The largest absolute Gasteiger partial charge is 0.493 e. The van der Waals surface area contributed by atoms with Crippen molar-refractivity contribution in [1.29, 1.82) is 5.26 Å². The van der Waals surface area contributed by atoms with Gasteiger partial charge in [0, 0.05) is 0 Å². The van der Waals surface area contributed by atoms with Crippen molar-refractivity contribution in [1.82, 2.24) is 0 Å². The van der Waals surface area contributed by atoms with Crippen LogP contribution in [0.1, 0.15) is 5.56 Å². The molecule has 0 saturated carbocycles. The van der Waals surface area contributed by atoms with E-state index in [1.54, 1.807) is 18.2 Å². The molecule has 0 aromatic heterocycles. The highest BCUT2D eigenvalue weighted by Gasteiger charge is 2.19. The number of amides is 1. The van der Waals surface area contributed by atoms with Crippen LogP contribution in [0.25, 0.3) is 6.08 Å². The molecular formula is C12H10N2O4. The van der Waals surface area contributed by atoms with Gasteiger partial charge in [0.25, 0.3) is 5.91 Å². The van der Waals surface area contributed by atoms with E-state index < -0.39 is 5.91 Å². The molecule has 0 saturated heterocycles. The SMILES string of the molecule is COc1cc(/C=C(\C#N)C(N)=O)cc2c1OCO2. The van der Waals surface area contributed by atoms with Crippen LogP contribution in [-0.2, 0) is 4.79 Å². The lowest BCUT2D eigenvalue weighted by molar-refractivity contribution is -0.114. The maximum Gasteiger partial charge on any atom is 0.259 e. The van der Waals surface area contributed by atoms with Crippen LogP contribution in [0.5, 0.6) is 17.2 Å². The van der Waals surface area contributed by atoms with Gasteiger partial charge in [0.1, 0.15) is 11.6 Å². The molecule has 1 aliphatic heterocycles. The van der Waals surface area contributed by atoms with Crippen LogP contribution in [0.2, 0.25) is 0 Å². The van der Waals surface area contributed by atoms with Crippen molar-refractivity contribution < 1.29 is 19.0 Å². The molecule has 6 nitrogen and oxygen atoms in total. The highest BCUT2D eigenvalue weighted by Crippen LogP contribution is 2.42. The predicted octanol–water partition coefficient (Wildman–Crippen LogP) is 0.816. The van der Waals surface area contributed by atoms with Crippen molar-refractivity contribution in [3.05, 3.63) is 23.3 Å². The number of ether oxygens (including phenoxy) is 3. The topological polar surface area (TPSA) is 94.6 Å². The molecule has 1 aliphatic rings. The van der Waals surface area contributed by atoms with Crippen LogP contribution < -0.4 is 19.9 Å². The maximum atomic E-state index is 11.0. The van der Waals surface area contributed by atoms with E-state index in [2.05, 4.69) is 0 Å². The first kappa shape index (κ1) is 11.8. The summed E-state index contributed by atoms with van der Waals surface area (Å²) in [5, 5.41) is 8.77. The minimum absolute atomic E-state index is 0.111. The Hall–Kier alpha value is -2.68. The normalized spacial score (nSPS) is 13.0. The second kappa shape index (κ2) is 4.67. The molecule has 0 radical (unpaired) electrons. The van der Waals surface area contributed by atoms with Gasteiger partial charge in [-0.25, -0.2) is 0 Å². The Morgan fingerprint density at radius 2 is 2.33 bits per heavy atom. The number of fused-ring (bicyclic) bond motifs is 1. The smallest absolute Gasteiger partial charge is 0.259 e. The third-order valence-electron chi connectivity index (χ3n) is 2.38. The van der Waals surface area contributed by atoms with Gasteiger partial charge in [0.05, 0.1) is 7.11 Å². The summed E-state index contributed by atoms with van der Waals surface area (Å²) in [4.78, 5) is 11.0. The first-order valence-electron chi connectivity index (χ1n) is 5.05. The van der Waals surface area contributed by atoms with Crippen LogP contribution in [0.15, 0.2) is 17.7 Å². The minimum Gasteiger partial charge on any atom is -0.493 e. The van der Waals surface area contributed by atoms with Gasteiger partial charge in [0.2, 0.25) is 12.5 Å². The standard InChI is InChI=1S/C12H10N2O4/c1-16-9-3-7(2-8(5-13)12(14)15)4-10-11(9)18-6-17-10/h2-4H,6H2,1H3,(H2,14,15)/b8-2+. The number of methoxy groups -OCH3 is 1. The molecular weight excluding hydrogens is 236 g/mol. The number of carbonyl (C=O) groups is 1. The lowest BCUT2D eigenvalue weighted by Crippen LogP contribution is -2.12. The highest BCUT2D eigenvalue weighted by atomic mass is 16.7. The van der Waals surface area contributed by atoms with Gasteiger partial charge in [-0.1, -0.05) is 0 Å². The Morgan fingerprint density at radius 1 is 1.56 bits per heavy atom. The number of nitriles is 1. The molecule has 18 heavy (non-hydrogen) atoms. The number of hydrogen-bond acceptors (Lipinski definition) is 5. The Morgan fingerprint density at radius 3 is 2.94 bits per heavy atom. The Labute approximate surface area is 103 Å². The zero-order chi connectivity index (χ0) is 13.1. The zero-order valence-corrected chi connectivity index (χ0v) is 9.60. The number of carbonyl (C=O) groups excluding carboxylic acids is 1. The molecule has 6 heteroatoms. The lowest BCUT2D eigenvalue weighted by Gasteiger charge is -2.05. The van der Waals surface area contributed by atoms with Crippen molar-refractivity contribution in [2.75, 3.05) is 13.9 Å². The Balaban J connectivity index is 2.48. The first-order valence-corrected chi connectivity index (χ1v) is 5.05. The van der Waals surface area contributed by atoms with Gasteiger partial charge in [-0.05, 0) is 23.8 Å². The second-order valence-corrected chi connectivity index (χ2v) is 3.49. The van der Waals surface area contributed by atoms with Crippen LogP contribution in [0.3, 0.4) is 0 Å². The molecule has 0 unspecified atom stereocenters. The van der Waals surface area contributed by atoms with E-state index in [4.69, 9.17) is 25.2 Å². The number of nitrogens with two attached hydrogens (primary N) is 1. The molecule has 1 aromatic carbocycles. The molecule has 0 fully saturated rings. The molecule has 1 amide bonds. The number of rotatable bonds is 3. The van der Waals surface area contributed by atoms with Crippen molar-refractivity contribution in [2.45, 2.75) is 0 Å². The summed E-state index contributed by atoms with van der Waals surface area (Å²) in [7, 11) is 1.49. The van der Waals surface area contributed by atoms with Gasteiger partial charge in [-0.2, -0.15) is 5.26 Å². The monoisotopic (exact) mass is 246 g/mol. The van der Waals surface area contributed by atoms with Crippen molar-refractivity contribution in [3.8, 4) is 23.3 Å². The van der Waals surface area contributed by atoms with Gasteiger partial charge in [0.15, 0.2) is 11.5 Å². The number of benzene rings is 1. The van der Waals surface area contributed by atoms with Crippen molar-refractivity contribution in [3.63, 3.8) is 0 Å². The molecule has 0 atom stereocenters. The Bertz CT molecular complexity index is 572. The highest BCUT2D eigenvalue weighted by molar-refractivity contribution is 6.00. The van der Waals surface area contributed by atoms with Gasteiger partial charge in [-0.15, -0.1) is 0 Å². The minimum atomic E-state index is -0.783. The summed E-state index contributed by atoms with van der Waals surface area (Å²) in [6.07, 6.45) is 1.37. The second-order valence-electron chi connectivity index (χ2n) is 3.49. The van der Waals surface area contributed by atoms with Crippen LogP contribution in [0, 0.1) is 11.3 Å². The van der Waals surface area contributed by atoms with Crippen molar-refractivity contribution >= 4 is 12.0 Å². The zero-order valence-electron chi connectivity index (χ0n) is 9.60. The van der Waals surface area contributed by atoms with E-state index in [0.717, 1.165) is 0 Å². The summed E-state index contributed by atoms with van der Waals surface area (Å²) in [6.45, 7) is 0.111. The molecule has 92 valence electrons. The fourth-order valence-corrected chi connectivity index (χ4v) is 1.56. The molecule has 1 heterocycles. The van der Waals surface area contributed by atoms with E-state index in [0.29, 0.717) is 22.8 Å². The molecule has 0 spiro atoms. The van der Waals surface area contributed by atoms with Gasteiger partial charge >= 0.3 is 0 Å². The summed E-state index contributed by atoms with van der Waals surface area (Å²) in [5.74, 6) is 0.696.